The van der Waals surface area contributed by atoms with Gasteiger partial charge in [-0.1, -0.05) is 12.8 Å². The number of hydrogen-bond donors (Lipinski definition) is 0. The van der Waals surface area contributed by atoms with Gasteiger partial charge in [0.1, 0.15) is 0 Å². The summed E-state index contributed by atoms with van der Waals surface area (Å²) in [6.45, 7) is 3.01. The molecular formula is C14H23N3O. The Morgan fingerprint density at radius 1 is 1.39 bits per heavy atom. The van der Waals surface area contributed by atoms with Crippen molar-refractivity contribution < 1.29 is 4.74 Å². The Bertz CT molecular complexity index is 409. The fourth-order valence-corrected chi connectivity index (χ4v) is 3.54. The lowest BCUT2D eigenvalue weighted by molar-refractivity contribution is 0.112. The van der Waals surface area contributed by atoms with Crippen LogP contribution >= 0.6 is 0 Å². The third-order valence-electron chi connectivity index (χ3n) is 4.55. The fraction of sp³-hybridized carbons (Fsp3) is 0.786. The van der Waals surface area contributed by atoms with E-state index in [1.54, 1.807) is 7.11 Å². The van der Waals surface area contributed by atoms with Crippen molar-refractivity contribution >= 4 is 0 Å². The maximum atomic E-state index is 5.39. The van der Waals surface area contributed by atoms with Crippen molar-refractivity contribution in [2.45, 2.75) is 44.2 Å². The number of rotatable bonds is 3. The largest absolute Gasteiger partial charge is 0.384 e. The molecule has 2 heterocycles. The molecule has 0 spiro atoms. The smallest absolute Gasteiger partial charge is 0.0557 e. The molecule has 0 aromatic carbocycles. The molecule has 3 rings (SSSR count). The Morgan fingerprint density at radius 3 is 2.89 bits per heavy atom. The number of ether oxygens (including phenoxy) is 1. The predicted molar refractivity (Wildman–Crippen MR) is 70.5 cm³/mol. The first kappa shape index (κ1) is 12.2. The van der Waals surface area contributed by atoms with Crippen LogP contribution < -0.4 is 0 Å². The highest BCUT2D eigenvalue weighted by Crippen LogP contribution is 2.33. The molecule has 18 heavy (non-hydrogen) atoms. The molecule has 1 aliphatic carbocycles. The van der Waals surface area contributed by atoms with Crippen LogP contribution in [0.25, 0.3) is 0 Å². The van der Waals surface area contributed by atoms with E-state index < -0.39 is 0 Å². The van der Waals surface area contributed by atoms with Crippen molar-refractivity contribution in [1.82, 2.24) is 14.7 Å². The highest BCUT2D eigenvalue weighted by Gasteiger charge is 2.32. The maximum absolute atomic E-state index is 5.39. The molecule has 1 aromatic heterocycles. The van der Waals surface area contributed by atoms with Gasteiger partial charge in [-0.05, 0) is 12.8 Å². The molecule has 1 aliphatic heterocycles. The van der Waals surface area contributed by atoms with Crippen LogP contribution in [0.4, 0.5) is 0 Å². The van der Waals surface area contributed by atoms with Gasteiger partial charge in [0, 0.05) is 44.8 Å². The van der Waals surface area contributed by atoms with Crippen LogP contribution in [0.2, 0.25) is 0 Å². The van der Waals surface area contributed by atoms with Gasteiger partial charge in [-0.15, -0.1) is 0 Å². The van der Waals surface area contributed by atoms with Crippen LogP contribution in [0.5, 0.6) is 0 Å². The SMILES string of the molecule is COCC1CN(C2CCCC2)Cc2c1cnn2C. The summed E-state index contributed by atoms with van der Waals surface area (Å²) in [6, 6.07) is 0.785. The van der Waals surface area contributed by atoms with Gasteiger partial charge in [0.25, 0.3) is 0 Å². The van der Waals surface area contributed by atoms with Gasteiger partial charge in [-0.3, -0.25) is 9.58 Å². The lowest BCUT2D eigenvalue weighted by atomic mass is 9.94. The fourth-order valence-electron chi connectivity index (χ4n) is 3.54. The van der Waals surface area contributed by atoms with Gasteiger partial charge in [0.15, 0.2) is 0 Å². The van der Waals surface area contributed by atoms with Gasteiger partial charge in [0.2, 0.25) is 0 Å². The van der Waals surface area contributed by atoms with Gasteiger partial charge >= 0.3 is 0 Å². The monoisotopic (exact) mass is 249 g/mol. The normalized spacial score (nSPS) is 25.6. The van der Waals surface area contributed by atoms with Crippen LogP contribution in [-0.4, -0.2) is 41.0 Å². The third-order valence-corrected chi connectivity index (χ3v) is 4.55. The first-order valence-electron chi connectivity index (χ1n) is 7.03. The molecule has 4 nitrogen and oxygen atoms in total. The Kier molecular flexibility index (Phi) is 3.39. The molecule has 0 N–H and O–H groups in total. The molecule has 1 fully saturated rings. The molecule has 1 unspecified atom stereocenters. The van der Waals surface area contributed by atoms with Crippen molar-refractivity contribution in [3.05, 3.63) is 17.5 Å². The van der Waals surface area contributed by atoms with E-state index in [2.05, 4.69) is 17.0 Å². The highest BCUT2D eigenvalue weighted by molar-refractivity contribution is 5.26. The van der Waals surface area contributed by atoms with Gasteiger partial charge < -0.3 is 4.74 Å². The van der Waals surface area contributed by atoms with Gasteiger partial charge in [-0.25, -0.2) is 0 Å². The summed E-state index contributed by atoms with van der Waals surface area (Å²) in [5.41, 5.74) is 2.78. The molecule has 0 bridgehead atoms. The minimum absolute atomic E-state index is 0.494. The Morgan fingerprint density at radius 2 is 2.17 bits per heavy atom. The van der Waals surface area contributed by atoms with E-state index in [4.69, 9.17) is 4.74 Å². The molecule has 0 saturated heterocycles. The Labute approximate surface area is 109 Å². The van der Waals surface area contributed by atoms with Crippen LogP contribution in [0, 0.1) is 0 Å². The topological polar surface area (TPSA) is 30.3 Å². The summed E-state index contributed by atoms with van der Waals surface area (Å²) in [4.78, 5) is 2.65. The molecule has 1 atom stereocenters. The van der Waals surface area contributed by atoms with E-state index in [-0.39, 0.29) is 0 Å². The van der Waals surface area contributed by atoms with E-state index in [0.29, 0.717) is 5.92 Å². The Balaban J connectivity index is 1.83. The number of hydrogen-bond acceptors (Lipinski definition) is 3. The minimum Gasteiger partial charge on any atom is -0.384 e. The summed E-state index contributed by atoms with van der Waals surface area (Å²) in [6.07, 6.45) is 7.56. The van der Waals surface area contributed by atoms with E-state index in [1.165, 1.54) is 36.9 Å². The predicted octanol–water partition coefficient (Wildman–Crippen LogP) is 1.91. The van der Waals surface area contributed by atoms with Crippen LogP contribution in [-0.2, 0) is 18.3 Å². The second-order valence-electron chi connectivity index (χ2n) is 5.69. The lowest BCUT2D eigenvalue weighted by Crippen LogP contribution is -2.41. The number of aryl methyl sites for hydroxylation is 1. The molecule has 0 radical (unpaired) electrons. The first-order valence-corrected chi connectivity index (χ1v) is 7.03. The van der Waals surface area contributed by atoms with Crippen molar-refractivity contribution in [1.29, 1.82) is 0 Å². The molecule has 0 amide bonds. The number of nitrogens with zero attached hydrogens (tertiary/aromatic N) is 3. The molecule has 1 saturated carbocycles. The van der Waals surface area contributed by atoms with Crippen LogP contribution in [0.15, 0.2) is 6.20 Å². The van der Waals surface area contributed by atoms with E-state index in [1.807, 2.05) is 10.9 Å². The summed E-state index contributed by atoms with van der Waals surface area (Å²) >= 11 is 0. The Hall–Kier alpha value is -0.870. The quantitative estimate of drug-likeness (QED) is 0.819. The average molecular weight is 249 g/mol. The first-order chi connectivity index (χ1) is 8.79. The second-order valence-corrected chi connectivity index (χ2v) is 5.69. The van der Waals surface area contributed by atoms with E-state index in [9.17, 15) is 0 Å². The van der Waals surface area contributed by atoms with Gasteiger partial charge in [0.05, 0.1) is 18.5 Å². The third kappa shape index (κ3) is 2.08. The molecular weight excluding hydrogens is 226 g/mol. The minimum atomic E-state index is 0.494. The maximum Gasteiger partial charge on any atom is 0.0557 e. The summed E-state index contributed by atoms with van der Waals surface area (Å²) in [5.74, 6) is 0.494. The number of methoxy groups -OCH3 is 1. The lowest BCUT2D eigenvalue weighted by Gasteiger charge is -2.36. The van der Waals surface area contributed by atoms with Crippen LogP contribution in [0.3, 0.4) is 0 Å². The standard InChI is InChI=1S/C14H23N3O/c1-16-14-9-17(12-5-3-4-6-12)8-11(10-18-2)13(14)7-15-16/h7,11-12H,3-6,8-10H2,1-2H3. The zero-order chi connectivity index (χ0) is 12.5. The zero-order valence-corrected chi connectivity index (χ0v) is 11.4. The van der Waals surface area contributed by atoms with Crippen molar-refractivity contribution in [3.8, 4) is 0 Å². The van der Waals surface area contributed by atoms with E-state index >= 15 is 0 Å². The summed E-state index contributed by atoms with van der Waals surface area (Å²) < 4.78 is 7.44. The van der Waals surface area contributed by atoms with E-state index in [0.717, 1.165) is 25.7 Å². The summed E-state index contributed by atoms with van der Waals surface area (Å²) in [7, 11) is 3.85. The number of aromatic nitrogens is 2. The molecule has 2 aliphatic rings. The van der Waals surface area contributed by atoms with Crippen LogP contribution in [0.1, 0.15) is 42.9 Å². The summed E-state index contributed by atoms with van der Waals surface area (Å²) in [5, 5.41) is 4.43. The van der Waals surface area contributed by atoms with Crippen molar-refractivity contribution in [2.24, 2.45) is 7.05 Å². The number of fused-ring (bicyclic) bond motifs is 1. The molecule has 1 aromatic rings. The van der Waals surface area contributed by atoms with Crippen molar-refractivity contribution in [3.63, 3.8) is 0 Å². The molecule has 4 heteroatoms. The average Bonchev–Trinajstić information content (AvgIpc) is 3.00. The highest BCUT2D eigenvalue weighted by atomic mass is 16.5. The van der Waals surface area contributed by atoms with Gasteiger partial charge in [-0.2, -0.15) is 5.10 Å². The second kappa shape index (κ2) is 5.02. The molecule has 100 valence electrons. The van der Waals surface area contributed by atoms with Crippen molar-refractivity contribution in [2.75, 3.05) is 20.3 Å². The zero-order valence-electron chi connectivity index (χ0n) is 11.4.